The van der Waals surface area contributed by atoms with Crippen LogP contribution in [0.15, 0.2) is 0 Å². The lowest BCUT2D eigenvalue weighted by Gasteiger charge is -2.30. The molecule has 0 atom stereocenters. The van der Waals surface area contributed by atoms with Gasteiger partial charge in [-0.15, -0.1) is 0 Å². The molecule has 0 aromatic carbocycles. The van der Waals surface area contributed by atoms with Gasteiger partial charge < -0.3 is 4.43 Å². The van der Waals surface area contributed by atoms with Crippen molar-refractivity contribution in [1.29, 1.82) is 0 Å². The largest absolute Gasteiger partial charge is 0.417 e. The summed E-state index contributed by atoms with van der Waals surface area (Å²) >= 11 is 0. The van der Waals surface area contributed by atoms with Gasteiger partial charge in [0.15, 0.2) is 8.32 Å². The maximum absolute atomic E-state index is 5.98. The first-order chi connectivity index (χ1) is 5.77. The summed E-state index contributed by atoms with van der Waals surface area (Å²) in [5.41, 5.74) is 0.419. The molecule has 2 heteroatoms. The minimum absolute atomic E-state index is 0.419. The molecule has 13 heavy (non-hydrogen) atoms. The van der Waals surface area contributed by atoms with Crippen molar-refractivity contribution in [3.63, 3.8) is 0 Å². The maximum Gasteiger partial charge on any atom is 0.187 e. The van der Waals surface area contributed by atoms with E-state index in [0.29, 0.717) is 5.41 Å². The third-order valence-corrected chi connectivity index (χ3v) is 4.84. The lowest BCUT2D eigenvalue weighted by atomic mass is 10.0. The molecule has 0 spiro atoms. The summed E-state index contributed by atoms with van der Waals surface area (Å²) in [6.07, 6.45) is 2.45. The highest BCUT2D eigenvalue weighted by Crippen LogP contribution is 2.28. The van der Waals surface area contributed by atoms with E-state index in [1.54, 1.807) is 0 Å². The van der Waals surface area contributed by atoms with E-state index in [2.05, 4.69) is 40.8 Å². The van der Waals surface area contributed by atoms with Crippen molar-refractivity contribution in [1.82, 2.24) is 0 Å². The van der Waals surface area contributed by atoms with Crippen molar-refractivity contribution < 1.29 is 4.43 Å². The van der Waals surface area contributed by atoms with E-state index in [9.17, 15) is 0 Å². The molecule has 0 aromatic heterocycles. The molecule has 0 unspecified atom stereocenters. The van der Waals surface area contributed by atoms with Crippen LogP contribution in [0.2, 0.25) is 19.1 Å². The number of rotatable bonds is 5. The Morgan fingerprint density at radius 2 is 1.69 bits per heavy atom. The Morgan fingerprint density at radius 3 is 2.08 bits per heavy atom. The third kappa shape index (κ3) is 8.51. The number of unbranched alkanes of at least 4 members (excludes halogenated alkanes) is 1. The Balaban J connectivity index is 3.80. The highest BCUT2D eigenvalue weighted by molar-refractivity contribution is 6.71. The van der Waals surface area contributed by atoms with E-state index in [1.807, 2.05) is 0 Å². The first kappa shape index (κ1) is 13.2. The highest BCUT2D eigenvalue weighted by atomic mass is 28.4. The van der Waals surface area contributed by atoms with Crippen LogP contribution in [-0.4, -0.2) is 14.9 Å². The van der Waals surface area contributed by atoms with Crippen LogP contribution in [0.25, 0.3) is 0 Å². The smallest absolute Gasteiger partial charge is 0.187 e. The van der Waals surface area contributed by atoms with E-state index in [-0.39, 0.29) is 0 Å². The zero-order valence-corrected chi connectivity index (χ0v) is 11.2. The predicted octanol–water partition coefficient (Wildman–Crippen LogP) is 4.05. The Morgan fingerprint density at radius 1 is 1.15 bits per heavy atom. The van der Waals surface area contributed by atoms with Gasteiger partial charge in [0, 0.05) is 6.61 Å². The molecule has 0 N–H and O–H groups in total. The molecule has 0 aliphatic carbocycles. The molecule has 0 fully saturated rings. The van der Waals surface area contributed by atoms with E-state index in [4.69, 9.17) is 4.43 Å². The van der Waals surface area contributed by atoms with Crippen molar-refractivity contribution in [3.8, 4) is 0 Å². The molecular formula is C11H26OSi. The minimum atomic E-state index is -1.38. The van der Waals surface area contributed by atoms with Gasteiger partial charge in [-0.05, 0) is 31.0 Å². The molecule has 0 aliphatic heterocycles. The summed E-state index contributed by atoms with van der Waals surface area (Å²) in [7, 11) is -1.38. The fraction of sp³-hybridized carbons (Fsp3) is 1.00. The Bertz CT molecular complexity index is 136. The normalized spacial score (nSPS) is 13.4. The zero-order chi connectivity index (χ0) is 10.5. The van der Waals surface area contributed by atoms with E-state index in [0.717, 1.165) is 6.61 Å². The third-order valence-electron chi connectivity index (χ3n) is 1.95. The van der Waals surface area contributed by atoms with Gasteiger partial charge in [0.2, 0.25) is 0 Å². The van der Waals surface area contributed by atoms with Crippen molar-refractivity contribution in [2.24, 2.45) is 5.41 Å². The molecular weight excluding hydrogens is 176 g/mol. The molecule has 0 aliphatic rings. The number of hydrogen-bond acceptors (Lipinski definition) is 1. The molecule has 0 saturated heterocycles. The molecule has 0 heterocycles. The van der Waals surface area contributed by atoms with Crippen LogP contribution in [0, 0.1) is 5.41 Å². The minimum Gasteiger partial charge on any atom is -0.417 e. The predicted molar refractivity (Wildman–Crippen MR) is 62.6 cm³/mol. The van der Waals surface area contributed by atoms with Gasteiger partial charge >= 0.3 is 0 Å². The molecule has 0 bridgehead atoms. The highest BCUT2D eigenvalue weighted by Gasteiger charge is 2.28. The molecule has 0 amide bonds. The van der Waals surface area contributed by atoms with Crippen LogP contribution in [0.5, 0.6) is 0 Å². The first-order valence-corrected chi connectivity index (χ1v) is 8.52. The quantitative estimate of drug-likeness (QED) is 0.483. The van der Waals surface area contributed by atoms with Crippen molar-refractivity contribution >= 4 is 8.32 Å². The monoisotopic (exact) mass is 202 g/mol. The molecule has 0 rings (SSSR count). The average molecular weight is 202 g/mol. The van der Waals surface area contributed by atoms with E-state index < -0.39 is 8.32 Å². The van der Waals surface area contributed by atoms with Crippen LogP contribution < -0.4 is 0 Å². The summed E-state index contributed by atoms with van der Waals surface area (Å²) in [6, 6.07) is 1.25. The SMILES string of the molecule is CCCCO[Si](C)(C)CC(C)(C)C. The van der Waals surface area contributed by atoms with E-state index >= 15 is 0 Å². The second kappa shape index (κ2) is 5.16. The average Bonchev–Trinajstić information content (AvgIpc) is 1.81. The Kier molecular flexibility index (Phi) is 5.23. The van der Waals surface area contributed by atoms with Crippen LogP contribution in [0.3, 0.4) is 0 Å². The van der Waals surface area contributed by atoms with E-state index in [1.165, 1.54) is 18.9 Å². The maximum atomic E-state index is 5.98. The summed E-state index contributed by atoms with van der Waals surface area (Å²) in [4.78, 5) is 0. The van der Waals surface area contributed by atoms with Crippen LogP contribution >= 0.6 is 0 Å². The van der Waals surface area contributed by atoms with Gasteiger partial charge in [-0.3, -0.25) is 0 Å². The summed E-state index contributed by atoms with van der Waals surface area (Å²) in [6.45, 7) is 14.7. The van der Waals surface area contributed by atoms with Gasteiger partial charge in [0.05, 0.1) is 0 Å². The topological polar surface area (TPSA) is 9.23 Å². The lowest BCUT2D eigenvalue weighted by Crippen LogP contribution is -2.35. The van der Waals surface area contributed by atoms with Gasteiger partial charge in [0.25, 0.3) is 0 Å². The fourth-order valence-electron chi connectivity index (χ4n) is 1.82. The summed E-state index contributed by atoms with van der Waals surface area (Å²) in [5.74, 6) is 0. The van der Waals surface area contributed by atoms with Crippen LogP contribution in [0.1, 0.15) is 40.5 Å². The van der Waals surface area contributed by atoms with Crippen molar-refractivity contribution in [2.45, 2.75) is 59.7 Å². The molecule has 0 saturated carbocycles. The zero-order valence-electron chi connectivity index (χ0n) is 10.2. The molecule has 80 valence electrons. The summed E-state index contributed by atoms with van der Waals surface area (Å²) in [5, 5.41) is 0. The standard InChI is InChI=1S/C11H26OSi/c1-7-8-9-12-13(5,6)10-11(2,3)4/h7-10H2,1-6H3. The van der Waals surface area contributed by atoms with Gasteiger partial charge in [0.1, 0.15) is 0 Å². The lowest BCUT2D eigenvalue weighted by molar-refractivity contribution is 0.285. The molecule has 0 radical (unpaired) electrons. The Labute approximate surface area is 85.0 Å². The van der Waals surface area contributed by atoms with Crippen molar-refractivity contribution in [2.75, 3.05) is 6.61 Å². The van der Waals surface area contributed by atoms with Gasteiger partial charge in [-0.2, -0.15) is 0 Å². The number of hydrogen-bond donors (Lipinski definition) is 0. The van der Waals surface area contributed by atoms with Crippen molar-refractivity contribution in [3.05, 3.63) is 0 Å². The first-order valence-electron chi connectivity index (χ1n) is 5.41. The molecule has 0 aromatic rings. The summed E-state index contributed by atoms with van der Waals surface area (Å²) < 4.78 is 5.98. The van der Waals surface area contributed by atoms with Gasteiger partial charge in [-0.1, -0.05) is 34.1 Å². The fourth-order valence-corrected chi connectivity index (χ4v) is 5.17. The second-order valence-corrected chi connectivity index (χ2v) is 9.86. The van der Waals surface area contributed by atoms with Crippen LogP contribution in [-0.2, 0) is 4.43 Å². The Hall–Kier alpha value is 0.177. The van der Waals surface area contributed by atoms with Crippen LogP contribution in [0.4, 0.5) is 0 Å². The second-order valence-electron chi connectivity index (χ2n) is 5.70. The van der Waals surface area contributed by atoms with Gasteiger partial charge in [-0.25, -0.2) is 0 Å². The molecule has 1 nitrogen and oxygen atoms in total.